The highest BCUT2D eigenvalue weighted by atomic mass is 16.4. The van der Waals surface area contributed by atoms with E-state index in [0.717, 1.165) is 0 Å². The van der Waals surface area contributed by atoms with Gasteiger partial charge in [-0.1, -0.05) is 0 Å². The van der Waals surface area contributed by atoms with Gasteiger partial charge >= 0.3 is 11.9 Å². The van der Waals surface area contributed by atoms with E-state index in [0.29, 0.717) is 11.4 Å². The Morgan fingerprint density at radius 3 is 1.78 bits per heavy atom. The summed E-state index contributed by atoms with van der Waals surface area (Å²) in [7, 11) is 0. The van der Waals surface area contributed by atoms with Crippen LogP contribution in [0.5, 0.6) is 0 Å². The minimum atomic E-state index is -1.78. The van der Waals surface area contributed by atoms with Crippen molar-refractivity contribution >= 4 is 35.6 Å². The Morgan fingerprint density at radius 2 is 1.30 bits per heavy atom. The number of aromatic amines is 2. The standard InChI is InChI=1S/C20H27N9O8/c21-11(1-9-5-23-7-25-9)17(33)27-13(3-15(22)30)19(35)28-12(2-10-6-24-8-26-10)18(34)29-14(20(36)37)4-16(31)32/h5-8,11-14H,1-4,21H2,(H2,22,30)(H,23,25)(H,24,26)(H,27,33)(H,28,35)(H,29,34)(H,31,32)(H,36,37). The number of H-pyrrole nitrogens is 2. The number of carboxylic acid groups (broad SMARTS) is 2. The van der Waals surface area contributed by atoms with Gasteiger partial charge in [0.1, 0.15) is 18.1 Å². The lowest BCUT2D eigenvalue weighted by atomic mass is 10.1. The molecule has 2 aromatic heterocycles. The van der Waals surface area contributed by atoms with Crippen molar-refractivity contribution in [3.63, 3.8) is 0 Å². The molecule has 0 spiro atoms. The quantitative estimate of drug-likeness (QED) is 0.109. The fraction of sp³-hybridized carbons (Fsp3) is 0.400. The number of amides is 4. The molecule has 200 valence electrons. The lowest BCUT2D eigenvalue weighted by Gasteiger charge is -2.24. The van der Waals surface area contributed by atoms with Gasteiger partial charge in [-0.25, -0.2) is 14.8 Å². The number of primary amides is 1. The lowest BCUT2D eigenvalue weighted by Crippen LogP contribution is -2.58. The molecule has 0 fully saturated rings. The van der Waals surface area contributed by atoms with E-state index in [-0.39, 0.29) is 12.8 Å². The summed E-state index contributed by atoms with van der Waals surface area (Å²) in [6.07, 6.45) is 3.76. The van der Waals surface area contributed by atoms with Gasteiger partial charge in [0, 0.05) is 36.6 Å². The van der Waals surface area contributed by atoms with E-state index in [1.54, 1.807) is 0 Å². The van der Waals surface area contributed by atoms with Gasteiger partial charge in [0.15, 0.2) is 0 Å². The highest BCUT2D eigenvalue weighted by Crippen LogP contribution is 2.04. The van der Waals surface area contributed by atoms with Gasteiger partial charge in [-0.2, -0.15) is 0 Å². The summed E-state index contributed by atoms with van der Waals surface area (Å²) in [6.45, 7) is 0. The summed E-state index contributed by atoms with van der Waals surface area (Å²) in [5.41, 5.74) is 12.0. The Kier molecular flexibility index (Phi) is 10.2. The third-order valence-corrected chi connectivity index (χ3v) is 4.97. The number of rotatable bonds is 15. The number of hydrogen-bond acceptors (Lipinski definition) is 9. The van der Waals surface area contributed by atoms with Crippen LogP contribution in [0.2, 0.25) is 0 Å². The van der Waals surface area contributed by atoms with Crippen molar-refractivity contribution in [2.75, 3.05) is 0 Å². The summed E-state index contributed by atoms with van der Waals surface area (Å²) in [4.78, 5) is 85.3. The molecule has 4 amide bonds. The number of aliphatic carboxylic acids is 2. The molecule has 4 unspecified atom stereocenters. The molecular weight excluding hydrogens is 494 g/mol. The first-order valence-electron chi connectivity index (χ1n) is 10.8. The lowest BCUT2D eigenvalue weighted by molar-refractivity contribution is -0.147. The molecule has 0 bridgehead atoms. The predicted octanol–water partition coefficient (Wildman–Crippen LogP) is -3.87. The van der Waals surface area contributed by atoms with Crippen LogP contribution in [0.4, 0.5) is 0 Å². The molecule has 2 rings (SSSR count). The highest BCUT2D eigenvalue weighted by molar-refractivity contribution is 5.96. The number of hydrogen-bond donors (Lipinski definition) is 9. The molecule has 0 aliphatic heterocycles. The van der Waals surface area contributed by atoms with Crippen molar-refractivity contribution in [2.24, 2.45) is 11.5 Å². The summed E-state index contributed by atoms with van der Waals surface area (Å²) in [5.74, 6) is -6.84. The topological polar surface area (TPSA) is 288 Å². The minimum absolute atomic E-state index is 0.0434. The zero-order valence-electron chi connectivity index (χ0n) is 19.3. The van der Waals surface area contributed by atoms with E-state index in [9.17, 15) is 33.9 Å². The minimum Gasteiger partial charge on any atom is -0.481 e. The third-order valence-electron chi connectivity index (χ3n) is 4.97. The van der Waals surface area contributed by atoms with Crippen LogP contribution >= 0.6 is 0 Å². The van der Waals surface area contributed by atoms with Gasteiger partial charge in [-0.15, -0.1) is 0 Å². The number of carbonyl (C=O) groups excluding carboxylic acids is 4. The van der Waals surface area contributed by atoms with Crippen LogP contribution in [0, 0.1) is 0 Å². The van der Waals surface area contributed by atoms with Crippen LogP contribution in [0.25, 0.3) is 0 Å². The molecule has 2 heterocycles. The van der Waals surface area contributed by atoms with Crippen LogP contribution in [0.1, 0.15) is 24.2 Å². The van der Waals surface area contributed by atoms with Crippen LogP contribution in [-0.4, -0.2) is 89.9 Å². The van der Waals surface area contributed by atoms with E-state index in [1.165, 1.54) is 25.0 Å². The smallest absolute Gasteiger partial charge is 0.326 e. The van der Waals surface area contributed by atoms with Crippen LogP contribution in [0.15, 0.2) is 25.0 Å². The molecule has 2 aromatic rings. The summed E-state index contributed by atoms with van der Waals surface area (Å²) in [5, 5.41) is 24.8. The fourth-order valence-electron chi connectivity index (χ4n) is 3.16. The maximum Gasteiger partial charge on any atom is 0.326 e. The second kappa shape index (κ2) is 13.3. The van der Waals surface area contributed by atoms with Crippen LogP contribution < -0.4 is 27.4 Å². The number of aromatic nitrogens is 4. The van der Waals surface area contributed by atoms with Crippen molar-refractivity contribution < 1.29 is 39.0 Å². The maximum atomic E-state index is 13.0. The zero-order valence-corrected chi connectivity index (χ0v) is 19.3. The van der Waals surface area contributed by atoms with Crippen molar-refractivity contribution in [3.05, 3.63) is 36.4 Å². The Bertz CT molecular complexity index is 1100. The number of carbonyl (C=O) groups is 6. The van der Waals surface area contributed by atoms with Gasteiger partial charge in [0.2, 0.25) is 23.6 Å². The molecule has 17 nitrogen and oxygen atoms in total. The Labute approximate surface area is 208 Å². The summed E-state index contributed by atoms with van der Waals surface area (Å²) >= 11 is 0. The molecule has 0 saturated carbocycles. The second-order valence-electron chi connectivity index (χ2n) is 7.96. The fourth-order valence-corrected chi connectivity index (χ4v) is 3.16. The SMILES string of the molecule is NC(=O)CC(NC(=O)C(N)Cc1cnc[nH]1)C(=O)NC(Cc1cnc[nH]1)C(=O)NC(CC(=O)O)C(=O)O. The molecule has 0 aromatic carbocycles. The summed E-state index contributed by atoms with van der Waals surface area (Å²) < 4.78 is 0. The van der Waals surface area contributed by atoms with E-state index < -0.39 is 72.6 Å². The molecule has 0 saturated heterocycles. The first kappa shape index (κ1) is 28.4. The molecule has 0 aliphatic carbocycles. The van der Waals surface area contributed by atoms with Crippen molar-refractivity contribution in [3.8, 4) is 0 Å². The largest absolute Gasteiger partial charge is 0.481 e. The van der Waals surface area contributed by atoms with E-state index in [2.05, 4.69) is 35.9 Å². The summed E-state index contributed by atoms with van der Waals surface area (Å²) in [6, 6.07) is -5.88. The van der Waals surface area contributed by atoms with Crippen molar-refractivity contribution in [1.82, 2.24) is 35.9 Å². The average molecular weight is 521 g/mol. The first-order chi connectivity index (χ1) is 17.5. The van der Waals surface area contributed by atoms with E-state index in [1.807, 2.05) is 0 Å². The maximum absolute atomic E-state index is 13.0. The molecule has 11 N–H and O–H groups in total. The average Bonchev–Trinajstić information content (AvgIpc) is 3.51. The monoisotopic (exact) mass is 521 g/mol. The van der Waals surface area contributed by atoms with Gasteiger partial charge < -0.3 is 47.6 Å². The van der Waals surface area contributed by atoms with Crippen LogP contribution in [-0.2, 0) is 41.6 Å². The molecule has 0 aliphatic rings. The Balaban J connectivity index is 2.17. The molecule has 17 heteroatoms. The Morgan fingerprint density at radius 1 is 0.784 bits per heavy atom. The number of nitrogens with two attached hydrogens (primary N) is 2. The van der Waals surface area contributed by atoms with Gasteiger partial charge in [-0.05, 0) is 0 Å². The number of nitrogens with zero attached hydrogens (tertiary/aromatic N) is 2. The van der Waals surface area contributed by atoms with E-state index in [4.69, 9.17) is 16.6 Å². The molecular formula is C20H27N9O8. The highest BCUT2D eigenvalue weighted by Gasteiger charge is 2.32. The normalized spacial score (nSPS) is 14.0. The van der Waals surface area contributed by atoms with Crippen molar-refractivity contribution in [1.29, 1.82) is 0 Å². The Hall–Kier alpha value is -4.80. The molecule has 0 radical (unpaired) electrons. The number of nitrogens with one attached hydrogen (secondary N) is 5. The predicted molar refractivity (Wildman–Crippen MR) is 122 cm³/mol. The first-order valence-corrected chi connectivity index (χ1v) is 10.8. The second-order valence-corrected chi connectivity index (χ2v) is 7.96. The molecule has 4 atom stereocenters. The van der Waals surface area contributed by atoms with Gasteiger partial charge in [-0.3, -0.25) is 24.0 Å². The van der Waals surface area contributed by atoms with E-state index >= 15 is 0 Å². The van der Waals surface area contributed by atoms with Gasteiger partial charge in [0.05, 0.1) is 31.5 Å². The number of imidazole rings is 2. The van der Waals surface area contributed by atoms with Crippen molar-refractivity contribution in [2.45, 2.75) is 49.9 Å². The van der Waals surface area contributed by atoms with Gasteiger partial charge in [0.25, 0.3) is 0 Å². The van der Waals surface area contributed by atoms with Crippen LogP contribution in [0.3, 0.4) is 0 Å². The zero-order chi connectivity index (χ0) is 27.5. The number of carboxylic acids is 2. The third kappa shape index (κ3) is 9.40. The molecule has 37 heavy (non-hydrogen) atoms.